The third-order valence-corrected chi connectivity index (χ3v) is 2.68. The molecule has 0 aliphatic carbocycles. The Hall–Kier alpha value is -2.83. The SMILES string of the molecule is COc1ccc(OCn2ccc(C(=O)NN=C(C)C)n2)cc1. The number of hydrogen-bond acceptors (Lipinski definition) is 5. The monoisotopic (exact) mass is 302 g/mol. The summed E-state index contributed by atoms with van der Waals surface area (Å²) in [6.45, 7) is 3.79. The van der Waals surface area contributed by atoms with Crippen LogP contribution in [0.15, 0.2) is 41.6 Å². The highest BCUT2D eigenvalue weighted by molar-refractivity contribution is 5.93. The van der Waals surface area contributed by atoms with E-state index in [1.54, 1.807) is 45.4 Å². The maximum atomic E-state index is 11.8. The Kier molecular flexibility index (Phi) is 5.13. The summed E-state index contributed by atoms with van der Waals surface area (Å²) in [6, 6.07) is 8.82. The number of carbonyl (C=O) groups excluding carboxylic acids is 1. The topological polar surface area (TPSA) is 77.7 Å². The Labute approximate surface area is 128 Å². The molecule has 1 aromatic carbocycles. The van der Waals surface area contributed by atoms with E-state index >= 15 is 0 Å². The van der Waals surface area contributed by atoms with Gasteiger partial charge in [-0.15, -0.1) is 0 Å². The molecule has 0 aliphatic rings. The molecule has 2 rings (SSSR count). The van der Waals surface area contributed by atoms with Gasteiger partial charge in [-0.05, 0) is 44.2 Å². The number of hydrogen-bond donors (Lipinski definition) is 1. The second-order valence-corrected chi connectivity index (χ2v) is 4.69. The largest absolute Gasteiger partial charge is 0.497 e. The van der Waals surface area contributed by atoms with E-state index in [0.717, 1.165) is 11.5 Å². The predicted octanol–water partition coefficient (Wildman–Crippen LogP) is 2.05. The van der Waals surface area contributed by atoms with Crippen LogP contribution in [0.5, 0.6) is 11.5 Å². The highest BCUT2D eigenvalue weighted by Crippen LogP contribution is 2.17. The van der Waals surface area contributed by atoms with Gasteiger partial charge in [-0.1, -0.05) is 0 Å². The number of nitrogens with one attached hydrogen (secondary N) is 1. The lowest BCUT2D eigenvalue weighted by Gasteiger charge is -2.06. The number of ether oxygens (including phenoxy) is 2. The third kappa shape index (κ3) is 4.34. The number of methoxy groups -OCH3 is 1. The molecular formula is C15H18N4O3. The molecule has 1 N–H and O–H groups in total. The molecule has 0 saturated heterocycles. The fraction of sp³-hybridized carbons (Fsp3) is 0.267. The van der Waals surface area contributed by atoms with E-state index in [0.29, 0.717) is 5.75 Å². The summed E-state index contributed by atoms with van der Waals surface area (Å²) >= 11 is 0. The molecule has 22 heavy (non-hydrogen) atoms. The van der Waals surface area contributed by atoms with E-state index in [1.165, 1.54) is 4.68 Å². The molecular weight excluding hydrogens is 284 g/mol. The molecule has 0 atom stereocenters. The van der Waals surface area contributed by atoms with Crippen LogP contribution < -0.4 is 14.9 Å². The van der Waals surface area contributed by atoms with Crippen LogP contribution in [0.4, 0.5) is 0 Å². The van der Waals surface area contributed by atoms with E-state index < -0.39 is 0 Å². The first-order valence-corrected chi connectivity index (χ1v) is 6.70. The number of rotatable bonds is 6. The van der Waals surface area contributed by atoms with Crippen molar-refractivity contribution in [3.8, 4) is 11.5 Å². The number of amides is 1. The van der Waals surface area contributed by atoms with Crippen molar-refractivity contribution in [1.29, 1.82) is 0 Å². The Morgan fingerprint density at radius 3 is 2.55 bits per heavy atom. The molecule has 7 heteroatoms. The first-order valence-electron chi connectivity index (χ1n) is 6.70. The van der Waals surface area contributed by atoms with Crippen LogP contribution in [0.3, 0.4) is 0 Å². The van der Waals surface area contributed by atoms with Crippen LogP contribution in [0.1, 0.15) is 24.3 Å². The molecule has 0 radical (unpaired) electrons. The van der Waals surface area contributed by atoms with Crippen molar-refractivity contribution in [2.45, 2.75) is 20.6 Å². The van der Waals surface area contributed by atoms with Gasteiger partial charge >= 0.3 is 0 Å². The minimum Gasteiger partial charge on any atom is -0.497 e. The van der Waals surface area contributed by atoms with Crippen molar-refractivity contribution in [2.24, 2.45) is 5.10 Å². The second-order valence-electron chi connectivity index (χ2n) is 4.69. The van der Waals surface area contributed by atoms with Gasteiger partial charge in [0.05, 0.1) is 7.11 Å². The van der Waals surface area contributed by atoms with Gasteiger partial charge in [0.1, 0.15) is 11.5 Å². The molecule has 0 bridgehead atoms. The normalized spacial score (nSPS) is 9.95. The van der Waals surface area contributed by atoms with Crippen LogP contribution in [0, 0.1) is 0 Å². The van der Waals surface area contributed by atoms with Crippen molar-refractivity contribution in [3.63, 3.8) is 0 Å². The molecule has 116 valence electrons. The lowest BCUT2D eigenvalue weighted by Crippen LogP contribution is -2.19. The third-order valence-electron chi connectivity index (χ3n) is 2.68. The van der Waals surface area contributed by atoms with Crippen LogP contribution in [0.25, 0.3) is 0 Å². The van der Waals surface area contributed by atoms with Gasteiger partial charge in [0.15, 0.2) is 12.4 Å². The zero-order valence-electron chi connectivity index (χ0n) is 12.7. The zero-order chi connectivity index (χ0) is 15.9. The first kappa shape index (κ1) is 15.6. The Balaban J connectivity index is 1.91. The average molecular weight is 302 g/mol. The van der Waals surface area contributed by atoms with Gasteiger partial charge in [0.25, 0.3) is 5.91 Å². The van der Waals surface area contributed by atoms with E-state index in [-0.39, 0.29) is 18.3 Å². The Morgan fingerprint density at radius 1 is 1.23 bits per heavy atom. The maximum absolute atomic E-state index is 11.8. The van der Waals surface area contributed by atoms with Crippen LogP contribution >= 0.6 is 0 Å². The van der Waals surface area contributed by atoms with Crippen molar-refractivity contribution < 1.29 is 14.3 Å². The highest BCUT2D eigenvalue weighted by atomic mass is 16.5. The average Bonchev–Trinajstić information content (AvgIpc) is 3.00. The minimum absolute atomic E-state index is 0.204. The van der Waals surface area contributed by atoms with Crippen LogP contribution in [0.2, 0.25) is 0 Å². The highest BCUT2D eigenvalue weighted by Gasteiger charge is 2.08. The van der Waals surface area contributed by atoms with Gasteiger partial charge in [-0.3, -0.25) is 4.79 Å². The molecule has 1 amide bonds. The quantitative estimate of drug-likeness (QED) is 0.654. The number of aromatic nitrogens is 2. The summed E-state index contributed by atoms with van der Waals surface area (Å²) in [6.07, 6.45) is 1.67. The summed E-state index contributed by atoms with van der Waals surface area (Å²) in [7, 11) is 1.61. The van der Waals surface area contributed by atoms with Crippen LogP contribution in [-0.2, 0) is 6.73 Å². The summed E-state index contributed by atoms with van der Waals surface area (Å²) in [5.41, 5.74) is 3.46. The van der Waals surface area contributed by atoms with E-state index in [4.69, 9.17) is 9.47 Å². The molecule has 1 aromatic heterocycles. The Morgan fingerprint density at radius 2 is 1.91 bits per heavy atom. The number of nitrogens with zero attached hydrogens (tertiary/aromatic N) is 3. The van der Waals surface area contributed by atoms with E-state index in [1.807, 2.05) is 12.1 Å². The van der Waals surface area contributed by atoms with Crippen molar-refractivity contribution in [3.05, 3.63) is 42.2 Å². The lowest BCUT2D eigenvalue weighted by atomic mass is 10.3. The maximum Gasteiger partial charge on any atom is 0.291 e. The molecule has 0 saturated carbocycles. The summed E-state index contributed by atoms with van der Waals surface area (Å²) < 4.78 is 12.2. The lowest BCUT2D eigenvalue weighted by molar-refractivity contribution is 0.0947. The van der Waals surface area contributed by atoms with Gasteiger partial charge in [0, 0.05) is 11.9 Å². The minimum atomic E-state index is -0.357. The van der Waals surface area contributed by atoms with Crippen molar-refractivity contribution >= 4 is 11.6 Å². The molecule has 7 nitrogen and oxygen atoms in total. The van der Waals surface area contributed by atoms with Gasteiger partial charge < -0.3 is 9.47 Å². The van der Waals surface area contributed by atoms with Crippen molar-refractivity contribution in [2.75, 3.05) is 7.11 Å². The molecule has 1 heterocycles. The smallest absolute Gasteiger partial charge is 0.291 e. The van der Waals surface area contributed by atoms with E-state index in [9.17, 15) is 4.79 Å². The molecule has 0 aliphatic heterocycles. The summed E-state index contributed by atoms with van der Waals surface area (Å²) in [4.78, 5) is 11.8. The number of hydrazone groups is 1. The Bertz CT molecular complexity index is 658. The molecule has 0 unspecified atom stereocenters. The fourth-order valence-electron chi connectivity index (χ4n) is 1.59. The predicted molar refractivity (Wildman–Crippen MR) is 82.1 cm³/mol. The fourth-order valence-corrected chi connectivity index (χ4v) is 1.59. The standard InChI is InChI=1S/C15H18N4O3/c1-11(2)16-17-15(20)14-8-9-19(18-14)10-22-13-6-4-12(21-3)5-7-13/h4-9H,10H2,1-3H3,(H,17,20). The number of carbonyl (C=O) groups is 1. The molecule has 0 fully saturated rings. The van der Waals surface area contributed by atoms with Gasteiger partial charge in [0.2, 0.25) is 0 Å². The van der Waals surface area contributed by atoms with Crippen LogP contribution in [-0.4, -0.2) is 28.5 Å². The van der Waals surface area contributed by atoms with Gasteiger partial charge in [-0.25, -0.2) is 10.1 Å². The second kappa shape index (κ2) is 7.26. The molecule has 0 spiro atoms. The number of benzene rings is 1. The first-order chi connectivity index (χ1) is 10.6. The molecule has 2 aromatic rings. The van der Waals surface area contributed by atoms with Gasteiger partial charge in [-0.2, -0.15) is 10.2 Å². The zero-order valence-corrected chi connectivity index (χ0v) is 12.7. The summed E-state index contributed by atoms with van der Waals surface area (Å²) in [5, 5.41) is 7.97. The van der Waals surface area contributed by atoms with Crippen molar-refractivity contribution in [1.82, 2.24) is 15.2 Å². The van der Waals surface area contributed by atoms with E-state index in [2.05, 4.69) is 15.6 Å². The summed E-state index contributed by atoms with van der Waals surface area (Å²) in [5.74, 6) is 1.09.